The van der Waals surface area contributed by atoms with Crippen molar-refractivity contribution in [2.45, 2.75) is 43.9 Å². The number of hydrogen-bond acceptors (Lipinski definition) is 6. The van der Waals surface area contributed by atoms with Crippen LogP contribution in [0.5, 0.6) is 0 Å². The topological polar surface area (TPSA) is 122 Å². The molecule has 0 aliphatic heterocycles. The Kier molecular flexibility index (Phi) is 8.26. The molecule has 3 N–H and O–H groups in total. The Hall–Kier alpha value is -3.27. The van der Waals surface area contributed by atoms with Crippen LogP contribution in [-0.2, 0) is 14.6 Å². The Morgan fingerprint density at radius 2 is 1.76 bits per heavy atom. The van der Waals surface area contributed by atoms with E-state index >= 15 is 0 Å². The number of aliphatic hydroxyl groups excluding tert-OH is 2. The van der Waals surface area contributed by atoms with Gasteiger partial charge in [-0.05, 0) is 47.9 Å². The second kappa shape index (κ2) is 11.4. The van der Waals surface area contributed by atoms with Crippen molar-refractivity contribution in [2.75, 3.05) is 18.6 Å². The Labute approximate surface area is 217 Å². The molecule has 1 saturated carbocycles. The number of aliphatic hydroxyl groups is 2. The molecule has 0 radical (unpaired) electrons. The molecule has 1 fully saturated rings. The van der Waals surface area contributed by atoms with Crippen LogP contribution in [0.3, 0.4) is 0 Å². The summed E-state index contributed by atoms with van der Waals surface area (Å²) in [5.74, 6) is -0.0303. The lowest BCUT2D eigenvalue weighted by Crippen LogP contribution is -2.45. The van der Waals surface area contributed by atoms with Gasteiger partial charge in [0.2, 0.25) is 5.91 Å². The summed E-state index contributed by atoms with van der Waals surface area (Å²) in [4.78, 5) is 16.0. The molecule has 4 rings (SSSR count). The monoisotopic (exact) mass is 523 g/mol. The van der Waals surface area contributed by atoms with Gasteiger partial charge in [0.1, 0.15) is 17.7 Å². The van der Waals surface area contributed by atoms with Crippen molar-refractivity contribution < 1.29 is 23.4 Å². The largest absolute Gasteiger partial charge is 0.394 e. The van der Waals surface area contributed by atoms with Crippen molar-refractivity contribution in [1.82, 2.24) is 14.9 Å². The minimum atomic E-state index is -3.31. The lowest BCUT2D eigenvalue weighted by atomic mass is 9.75. The van der Waals surface area contributed by atoms with E-state index in [-0.39, 0.29) is 18.7 Å². The van der Waals surface area contributed by atoms with E-state index in [2.05, 4.69) is 46.7 Å². The van der Waals surface area contributed by atoms with Gasteiger partial charge in [-0.3, -0.25) is 4.79 Å². The van der Waals surface area contributed by atoms with Gasteiger partial charge in [-0.2, -0.15) is 0 Å². The average Bonchev–Trinajstić information content (AvgIpc) is 3.31. The summed E-state index contributed by atoms with van der Waals surface area (Å²) in [6.45, 7) is 1.54. The predicted molar refractivity (Wildman–Crippen MR) is 144 cm³/mol. The highest BCUT2D eigenvalue weighted by Crippen LogP contribution is 2.37. The Balaban J connectivity index is 1.33. The van der Waals surface area contributed by atoms with Gasteiger partial charge >= 0.3 is 0 Å². The summed E-state index contributed by atoms with van der Waals surface area (Å²) < 4.78 is 24.3. The SMILES string of the molecule is C[C@H](O)c1nccn1C(/C=C/c1ccc(-c2ccc(C3CC(NC(=O)CS(C)(=O)=O)C3)cc2)cc1)CO. The molecule has 1 heterocycles. The number of carbonyl (C=O) groups excluding carboxylic acids is 1. The second-order valence-electron chi connectivity index (χ2n) is 9.72. The van der Waals surface area contributed by atoms with Crippen LogP contribution in [0.25, 0.3) is 17.2 Å². The lowest BCUT2D eigenvalue weighted by Gasteiger charge is -2.36. The first-order valence-electron chi connectivity index (χ1n) is 12.3. The van der Waals surface area contributed by atoms with Crippen molar-refractivity contribution in [2.24, 2.45) is 0 Å². The fourth-order valence-corrected chi connectivity index (χ4v) is 5.20. The molecule has 1 aliphatic rings. The van der Waals surface area contributed by atoms with E-state index in [0.29, 0.717) is 11.7 Å². The van der Waals surface area contributed by atoms with Crippen LogP contribution in [0.4, 0.5) is 0 Å². The van der Waals surface area contributed by atoms with Crippen LogP contribution in [-0.4, -0.2) is 58.7 Å². The smallest absolute Gasteiger partial charge is 0.235 e. The third-order valence-corrected chi connectivity index (χ3v) is 7.44. The molecular weight excluding hydrogens is 490 g/mol. The number of nitrogens with one attached hydrogen (secondary N) is 1. The summed E-state index contributed by atoms with van der Waals surface area (Å²) in [5, 5.41) is 22.5. The highest BCUT2D eigenvalue weighted by atomic mass is 32.2. The number of carbonyl (C=O) groups is 1. The molecule has 0 spiro atoms. The second-order valence-corrected chi connectivity index (χ2v) is 11.9. The number of rotatable bonds is 10. The van der Waals surface area contributed by atoms with Gasteiger partial charge in [0.05, 0.1) is 12.6 Å². The molecule has 2 aromatic carbocycles. The van der Waals surface area contributed by atoms with Crippen LogP contribution >= 0.6 is 0 Å². The van der Waals surface area contributed by atoms with E-state index in [0.717, 1.165) is 35.8 Å². The number of imidazole rings is 1. The van der Waals surface area contributed by atoms with Gasteiger partial charge in [-0.15, -0.1) is 0 Å². The molecule has 0 bridgehead atoms. The molecule has 37 heavy (non-hydrogen) atoms. The molecule has 8 nitrogen and oxygen atoms in total. The molecule has 9 heteroatoms. The van der Waals surface area contributed by atoms with E-state index in [1.54, 1.807) is 23.9 Å². The van der Waals surface area contributed by atoms with E-state index in [4.69, 9.17) is 0 Å². The molecule has 1 amide bonds. The fourth-order valence-electron chi connectivity index (χ4n) is 4.64. The number of hydrogen-bond donors (Lipinski definition) is 3. The van der Waals surface area contributed by atoms with E-state index in [9.17, 15) is 23.4 Å². The molecule has 1 aromatic heterocycles. The molecule has 3 aromatic rings. The number of sulfone groups is 1. The molecule has 196 valence electrons. The zero-order valence-corrected chi connectivity index (χ0v) is 21.8. The normalized spacial score (nSPS) is 19.4. The number of amides is 1. The third-order valence-electron chi connectivity index (χ3n) is 6.65. The predicted octanol–water partition coefficient (Wildman–Crippen LogP) is 3.26. The zero-order chi connectivity index (χ0) is 26.6. The van der Waals surface area contributed by atoms with Crippen LogP contribution in [0, 0.1) is 0 Å². The Bertz CT molecular complexity index is 1340. The molecular formula is C28H33N3O5S. The molecule has 1 unspecified atom stereocenters. The minimum absolute atomic E-state index is 0.0253. The summed E-state index contributed by atoms with van der Waals surface area (Å²) in [5.41, 5.74) is 4.40. The first kappa shape index (κ1) is 26.8. The van der Waals surface area contributed by atoms with Gasteiger partial charge in [0, 0.05) is 24.7 Å². The van der Waals surface area contributed by atoms with Gasteiger partial charge in [-0.1, -0.05) is 60.7 Å². The lowest BCUT2D eigenvalue weighted by molar-refractivity contribution is -0.119. The van der Waals surface area contributed by atoms with Crippen LogP contribution in [0.1, 0.15) is 54.8 Å². The first-order valence-corrected chi connectivity index (χ1v) is 14.4. The average molecular weight is 524 g/mol. The Morgan fingerprint density at radius 1 is 1.14 bits per heavy atom. The summed E-state index contributed by atoms with van der Waals surface area (Å²) >= 11 is 0. The Morgan fingerprint density at radius 3 is 2.32 bits per heavy atom. The molecule has 2 atom stereocenters. The first-order chi connectivity index (χ1) is 17.6. The maximum absolute atomic E-state index is 11.8. The highest BCUT2D eigenvalue weighted by Gasteiger charge is 2.31. The van der Waals surface area contributed by atoms with Crippen molar-refractivity contribution >= 4 is 21.8 Å². The van der Waals surface area contributed by atoms with Gasteiger partial charge in [-0.25, -0.2) is 13.4 Å². The number of nitrogens with zero attached hydrogens (tertiary/aromatic N) is 2. The summed E-state index contributed by atoms with van der Waals surface area (Å²) in [6, 6.07) is 16.3. The van der Waals surface area contributed by atoms with Crippen molar-refractivity contribution in [3.8, 4) is 11.1 Å². The van der Waals surface area contributed by atoms with Crippen molar-refractivity contribution in [3.63, 3.8) is 0 Å². The van der Waals surface area contributed by atoms with Gasteiger partial charge in [0.15, 0.2) is 9.84 Å². The van der Waals surface area contributed by atoms with E-state index in [1.165, 1.54) is 5.56 Å². The van der Waals surface area contributed by atoms with Gasteiger partial charge < -0.3 is 20.1 Å². The van der Waals surface area contributed by atoms with Gasteiger partial charge in [0.25, 0.3) is 0 Å². The van der Waals surface area contributed by atoms with Crippen LogP contribution < -0.4 is 5.32 Å². The highest BCUT2D eigenvalue weighted by molar-refractivity contribution is 7.91. The number of aromatic nitrogens is 2. The minimum Gasteiger partial charge on any atom is -0.394 e. The third kappa shape index (κ3) is 6.94. The van der Waals surface area contributed by atoms with E-state index < -0.39 is 27.6 Å². The summed E-state index contributed by atoms with van der Waals surface area (Å²) in [6.07, 6.45) is 9.16. The maximum Gasteiger partial charge on any atom is 0.235 e. The quantitative estimate of drug-likeness (QED) is 0.375. The van der Waals surface area contributed by atoms with Crippen molar-refractivity contribution in [1.29, 1.82) is 0 Å². The van der Waals surface area contributed by atoms with E-state index in [1.807, 2.05) is 24.3 Å². The zero-order valence-electron chi connectivity index (χ0n) is 21.0. The maximum atomic E-state index is 11.8. The standard InChI is InChI=1S/C28H33N3O5S/c1-19(33)28-29-13-14-31(28)26(17-32)12-5-20-3-6-21(7-4-20)22-8-10-23(11-9-22)24-15-25(16-24)30-27(34)18-37(2,35)36/h3-14,19,24-26,32-33H,15-18H2,1-2H3,(H,30,34)/b12-5+/t19-,24?,25?,26?/m0/s1. The molecule has 0 saturated heterocycles. The fraction of sp³-hybridized carbons (Fsp3) is 0.357. The van der Waals surface area contributed by atoms with Crippen LogP contribution in [0.2, 0.25) is 0 Å². The van der Waals surface area contributed by atoms with Crippen molar-refractivity contribution in [3.05, 3.63) is 84.0 Å². The van der Waals surface area contributed by atoms with Crippen LogP contribution in [0.15, 0.2) is 67.0 Å². The number of benzene rings is 2. The summed E-state index contributed by atoms with van der Waals surface area (Å²) in [7, 11) is -3.31. The molecule has 1 aliphatic carbocycles.